The SMILES string of the molecule is CCN(CC)c1ccc(C2N(C(=O)C(F)(F)F)C(C)CN2S(=O)(=O)c2ccc(C)cc2)cc1. The highest BCUT2D eigenvalue weighted by molar-refractivity contribution is 7.89. The second-order valence-electron chi connectivity index (χ2n) is 8.08. The number of rotatable bonds is 6. The number of aryl methyl sites for hydroxylation is 1. The standard InChI is InChI=1S/C23H28F3N3O3S/c1-5-27(6-2)19-11-9-18(10-12-19)21-28(15-17(4)29(21)22(30)23(24,25)26)33(31,32)20-13-7-16(3)8-14-20/h7-14,17,21H,5-6,15H2,1-4H3. The van der Waals surface area contributed by atoms with E-state index in [0.717, 1.165) is 28.6 Å². The molecule has 3 rings (SSSR count). The van der Waals surface area contributed by atoms with E-state index in [4.69, 9.17) is 0 Å². The lowest BCUT2D eigenvalue weighted by Gasteiger charge is -2.32. The summed E-state index contributed by atoms with van der Waals surface area (Å²) in [5.74, 6) is -2.06. The second-order valence-corrected chi connectivity index (χ2v) is 9.98. The summed E-state index contributed by atoms with van der Waals surface area (Å²) in [6.45, 7) is 8.42. The fourth-order valence-corrected chi connectivity index (χ4v) is 5.78. The van der Waals surface area contributed by atoms with Gasteiger partial charge in [-0.15, -0.1) is 0 Å². The summed E-state index contributed by atoms with van der Waals surface area (Å²) in [6, 6.07) is 11.8. The highest BCUT2D eigenvalue weighted by Crippen LogP contribution is 2.40. The van der Waals surface area contributed by atoms with E-state index in [-0.39, 0.29) is 11.4 Å². The zero-order valence-electron chi connectivity index (χ0n) is 19.0. The number of sulfonamides is 1. The molecular weight excluding hydrogens is 455 g/mol. The van der Waals surface area contributed by atoms with Gasteiger partial charge in [0.05, 0.1) is 4.90 Å². The van der Waals surface area contributed by atoms with Crippen LogP contribution in [0.5, 0.6) is 0 Å². The fraction of sp³-hybridized carbons (Fsp3) is 0.435. The van der Waals surface area contributed by atoms with Crippen molar-refractivity contribution in [3.8, 4) is 0 Å². The molecule has 2 unspecified atom stereocenters. The van der Waals surface area contributed by atoms with E-state index in [2.05, 4.69) is 4.90 Å². The molecule has 0 aliphatic carbocycles. The summed E-state index contributed by atoms with van der Waals surface area (Å²) in [7, 11) is -4.17. The van der Waals surface area contributed by atoms with E-state index in [0.29, 0.717) is 10.5 Å². The number of anilines is 1. The molecule has 0 spiro atoms. The lowest BCUT2D eigenvalue weighted by molar-refractivity contribution is -0.189. The van der Waals surface area contributed by atoms with Crippen LogP contribution in [0, 0.1) is 6.92 Å². The molecule has 10 heteroatoms. The third kappa shape index (κ3) is 4.86. The minimum atomic E-state index is -5.13. The third-order valence-corrected chi connectivity index (χ3v) is 7.71. The normalized spacial score (nSPS) is 19.7. The summed E-state index contributed by atoms with van der Waals surface area (Å²) >= 11 is 0. The van der Waals surface area contributed by atoms with E-state index in [1.165, 1.54) is 19.1 Å². The van der Waals surface area contributed by atoms with Gasteiger partial charge in [-0.1, -0.05) is 29.8 Å². The Morgan fingerprint density at radius 2 is 1.58 bits per heavy atom. The molecule has 2 atom stereocenters. The molecule has 0 bridgehead atoms. The lowest BCUT2D eigenvalue weighted by atomic mass is 10.1. The molecule has 1 heterocycles. The van der Waals surface area contributed by atoms with Crippen molar-refractivity contribution < 1.29 is 26.4 Å². The Morgan fingerprint density at radius 3 is 2.06 bits per heavy atom. The average molecular weight is 484 g/mol. The Hall–Kier alpha value is -2.59. The van der Waals surface area contributed by atoms with Gasteiger partial charge in [0.15, 0.2) is 0 Å². The molecule has 1 aliphatic rings. The number of nitrogens with zero attached hydrogens (tertiary/aromatic N) is 3. The van der Waals surface area contributed by atoms with Crippen molar-refractivity contribution in [3.05, 3.63) is 59.7 Å². The molecule has 0 aromatic heterocycles. The van der Waals surface area contributed by atoms with Crippen molar-refractivity contribution >= 4 is 21.6 Å². The molecule has 2 aromatic rings. The molecule has 6 nitrogen and oxygen atoms in total. The first-order valence-electron chi connectivity index (χ1n) is 10.7. The molecule has 0 radical (unpaired) electrons. The van der Waals surface area contributed by atoms with Gasteiger partial charge in [-0.2, -0.15) is 17.5 Å². The summed E-state index contributed by atoms with van der Waals surface area (Å²) in [5, 5.41) is 0. The predicted molar refractivity (Wildman–Crippen MR) is 120 cm³/mol. The number of hydrogen-bond acceptors (Lipinski definition) is 4. The number of hydrogen-bond donors (Lipinski definition) is 0. The molecule has 0 N–H and O–H groups in total. The largest absolute Gasteiger partial charge is 0.471 e. The van der Waals surface area contributed by atoms with Crippen LogP contribution in [-0.2, 0) is 14.8 Å². The van der Waals surface area contributed by atoms with E-state index in [1.54, 1.807) is 43.3 Å². The van der Waals surface area contributed by atoms with Gasteiger partial charge in [-0.3, -0.25) is 4.79 Å². The van der Waals surface area contributed by atoms with Crippen molar-refractivity contribution in [2.75, 3.05) is 24.5 Å². The Bertz CT molecular complexity index is 1080. The van der Waals surface area contributed by atoms with Gasteiger partial charge in [0.1, 0.15) is 6.17 Å². The monoisotopic (exact) mass is 483 g/mol. The Balaban J connectivity index is 2.11. The number of halogens is 3. The maximum absolute atomic E-state index is 13.5. The topological polar surface area (TPSA) is 60.9 Å². The quantitative estimate of drug-likeness (QED) is 0.614. The van der Waals surface area contributed by atoms with Crippen LogP contribution in [0.2, 0.25) is 0 Å². The molecule has 33 heavy (non-hydrogen) atoms. The molecule has 1 saturated heterocycles. The molecular formula is C23H28F3N3O3S. The van der Waals surface area contributed by atoms with Crippen molar-refractivity contribution in [2.45, 2.75) is 51.0 Å². The highest BCUT2D eigenvalue weighted by atomic mass is 32.2. The van der Waals surface area contributed by atoms with Crippen LogP contribution in [0.4, 0.5) is 18.9 Å². The molecule has 0 saturated carbocycles. The summed E-state index contributed by atoms with van der Waals surface area (Å²) in [4.78, 5) is 15.0. The summed E-state index contributed by atoms with van der Waals surface area (Å²) in [6.07, 6.45) is -6.54. The van der Waals surface area contributed by atoms with Gasteiger partial charge in [0.25, 0.3) is 0 Å². The molecule has 180 valence electrons. The van der Waals surface area contributed by atoms with Gasteiger partial charge in [-0.25, -0.2) is 8.42 Å². The van der Waals surface area contributed by atoms with Crippen molar-refractivity contribution in [1.29, 1.82) is 0 Å². The van der Waals surface area contributed by atoms with Gasteiger partial charge in [0, 0.05) is 31.4 Å². The van der Waals surface area contributed by atoms with Crippen LogP contribution in [0.3, 0.4) is 0 Å². The number of alkyl halides is 3. The van der Waals surface area contributed by atoms with E-state index in [9.17, 15) is 26.4 Å². The molecule has 1 amide bonds. The number of benzene rings is 2. The number of amides is 1. The lowest BCUT2D eigenvalue weighted by Crippen LogP contribution is -2.45. The highest BCUT2D eigenvalue weighted by Gasteiger charge is 2.53. The minimum Gasteiger partial charge on any atom is -0.372 e. The van der Waals surface area contributed by atoms with Gasteiger partial charge in [0.2, 0.25) is 10.0 Å². The fourth-order valence-electron chi connectivity index (χ4n) is 4.13. The maximum atomic E-state index is 13.5. The third-order valence-electron chi connectivity index (χ3n) is 5.88. The van der Waals surface area contributed by atoms with E-state index >= 15 is 0 Å². The number of carbonyl (C=O) groups excluding carboxylic acids is 1. The van der Waals surface area contributed by atoms with Gasteiger partial charge < -0.3 is 9.80 Å². The first-order chi connectivity index (χ1) is 15.4. The first-order valence-corrected chi connectivity index (χ1v) is 12.2. The minimum absolute atomic E-state index is 0.0358. The maximum Gasteiger partial charge on any atom is 0.471 e. The Morgan fingerprint density at radius 1 is 1.03 bits per heavy atom. The van der Waals surface area contributed by atoms with Crippen molar-refractivity contribution in [3.63, 3.8) is 0 Å². The van der Waals surface area contributed by atoms with Gasteiger partial charge >= 0.3 is 12.1 Å². The van der Waals surface area contributed by atoms with Crippen LogP contribution < -0.4 is 4.90 Å². The number of carbonyl (C=O) groups is 1. The predicted octanol–water partition coefficient (Wildman–Crippen LogP) is 4.32. The summed E-state index contributed by atoms with van der Waals surface area (Å²) in [5.41, 5.74) is 2.00. The van der Waals surface area contributed by atoms with Crippen LogP contribution in [0.1, 0.15) is 38.1 Å². The van der Waals surface area contributed by atoms with Gasteiger partial charge in [-0.05, 0) is 57.5 Å². The van der Waals surface area contributed by atoms with E-state index in [1.807, 2.05) is 13.8 Å². The molecule has 2 aromatic carbocycles. The van der Waals surface area contributed by atoms with Crippen LogP contribution >= 0.6 is 0 Å². The zero-order chi connectivity index (χ0) is 24.6. The van der Waals surface area contributed by atoms with Crippen LogP contribution in [0.15, 0.2) is 53.4 Å². The molecule has 1 fully saturated rings. The van der Waals surface area contributed by atoms with Crippen molar-refractivity contribution in [2.24, 2.45) is 0 Å². The second kappa shape index (κ2) is 9.34. The first kappa shape index (κ1) is 25.0. The zero-order valence-corrected chi connectivity index (χ0v) is 19.8. The average Bonchev–Trinajstić information content (AvgIpc) is 3.12. The van der Waals surface area contributed by atoms with Crippen LogP contribution in [-0.4, -0.2) is 55.4 Å². The smallest absolute Gasteiger partial charge is 0.372 e. The molecule has 1 aliphatic heterocycles. The summed E-state index contributed by atoms with van der Waals surface area (Å²) < 4.78 is 68.3. The Labute approximate surface area is 192 Å². The Kier molecular flexibility index (Phi) is 7.09. The van der Waals surface area contributed by atoms with Crippen molar-refractivity contribution in [1.82, 2.24) is 9.21 Å². The van der Waals surface area contributed by atoms with Crippen LogP contribution in [0.25, 0.3) is 0 Å². The van der Waals surface area contributed by atoms with E-state index < -0.39 is 34.3 Å².